The average Bonchev–Trinajstić information content (AvgIpc) is 2.88. The Morgan fingerprint density at radius 1 is 1.50 bits per heavy atom. The number of aryl methyl sites for hydroxylation is 1. The first-order valence-electron chi connectivity index (χ1n) is 7.03. The van der Waals surface area contributed by atoms with Crippen molar-refractivity contribution in [3.8, 4) is 0 Å². The summed E-state index contributed by atoms with van der Waals surface area (Å²) in [6, 6.07) is 7.13. The summed E-state index contributed by atoms with van der Waals surface area (Å²) in [4.78, 5) is 29.0. The first kappa shape index (κ1) is 14.5. The third-order valence-electron chi connectivity index (χ3n) is 3.56. The summed E-state index contributed by atoms with van der Waals surface area (Å²) in [5.41, 5.74) is 8.02. The van der Waals surface area contributed by atoms with Gasteiger partial charge in [-0.25, -0.2) is 4.98 Å². The second-order valence-corrected chi connectivity index (χ2v) is 6.08. The molecular formula is C15H16N4O2S. The van der Waals surface area contributed by atoms with Gasteiger partial charge in [0.05, 0.1) is 18.2 Å². The number of anilines is 2. The molecule has 114 valence electrons. The topological polar surface area (TPSA) is 97.1 Å². The van der Waals surface area contributed by atoms with Gasteiger partial charge in [0.2, 0.25) is 5.91 Å². The maximum absolute atomic E-state index is 12.5. The number of carbonyl (C=O) groups is 2. The normalized spacial score (nSPS) is 16.8. The van der Waals surface area contributed by atoms with Crippen molar-refractivity contribution in [2.45, 2.75) is 25.8 Å². The van der Waals surface area contributed by atoms with Crippen molar-refractivity contribution in [2.75, 3.05) is 11.1 Å². The van der Waals surface area contributed by atoms with E-state index in [1.54, 1.807) is 0 Å². The molecule has 6 nitrogen and oxygen atoms in total. The molecule has 0 bridgehead atoms. The molecule has 1 unspecified atom stereocenters. The molecule has 2 amide bonds. The maximum atomic E-state index is 12.5. The highest BCUT2D eigenvalue weighted by molar-refractivity contribution is 7.17. The van der Waals surface area contributed by atoms with Crippen LogP contribution in [0.4, 0.5) is 10.8 Å². The molecule has 3 rings (SSSR count). The zero-order valence-corrected chi connectivity index (χ0v) is 12.9. The molecule has 2 heterocycles. The first-order valence-corrected chi connectivity index (χ1v) is 7.85. The van der Waals surface area contributed by atoms with Crippen molar-refractivity contribution in [1.29, 1.82) is 0 Å². The number of nitrogens with two attached hydrogens (primary N) is 1. The molecule has 1 aliphatic heterocycles. The number of thiazole rings is 1. The minimum atomic E-state index is -0.342. The Bertz CT molecular complexity index is 741. The molecule has 1 atom stereocenters. The first-order chi connectivity index (χ1) is 10.6. The Labute approximate surface area is 131 Å². The maximum Gasteiger partial charge on any atom is 0.263 e. The molecule has 1 aromatic carbocycles. The fourth-order valence-corrected chi connectivity index (χ4v) is 3.38. The smallest absolute Gasteiger partial charge is 0.263 e. The van der Waals surface area contributed by atoms with E-state index in [2.05, 4.69) is 15.6 Å². The van der Waals surface area contributed by atoms with E-state index in [9.17, 15) is 9.59 Å². The van der Waals surface area contributed by atoms with Crippen LogP contribution in [0.1, 0.15) is 40.3 Å². The third-order valence-corrected chi connectivity index (χ3v) is 4.49. The highest BCUT2D eigenvalue weighted by Crippen LogP contribution is 2.31. The minimum Gasteiger partial charge on any atom is -0.375 e. The van der Waals surface area contributed by atoms with Crippen LogP contribution < -0.4 is 16.4 Å². The third kappa shape index (κ3) is 2.67. The number of rotatable bonds is 3. The quantitative estimate of drug-likeness (QED) is 0.808. The van der Waals surface area contributed by atoms with Gasteiger partial charge in [-0.1, -0.05) is 36.5 Å². The molecule has 22 heavy (non-hydrogen) atoms. The molecule has 0 saturated heterocycles. The lowest BCUT2D eigenvalue weighted by molar-refractivity contribution is -0.116. The summed E-state index contributed by atoms with van der Waals surface area (Å²) in [6.45, 7) is 1.93. The number of amides is 2. The van der Waals surface area contributed by atoms with Gasteiger partial charge >= 0.3 is 0 Å². The predicted octanol–water partition coefficient (Wildman–Crippen LogP) is 2.10. The van der Waals surface area contributed by atoms with Crippen LogP contribution in [-0.4, -0.2) is 16.8 Å². The fraction of sp³-hybridized carbons (Fsp3) is 0.267. The molecule has 2 aromatic rings. The van der Waals surface area contributed by atoms with Gasteiger partial charge in [0.1, 0.15) is 4.88 Å². The number of nitrogens with one attached hydrogen (secondary N) is 2. The van der Waals surface area contributed by atoms with Crippen molar-refractivity contribution in [3.63, 3.8) is 0 Å². The second-order valence-electron chi connectivity index (χ2n) is 5.05. The van der Waals surface area contributed by atoms with E-state index in [1.165, 1.54) is 11.3 Å². The Kier molecular flexibility index (Phi) is 3.81. The fourth-order valence-electron chi connectivity index (χ4n) is 2.55. The SMILES string of the molecule is CCc1nc(N)sc1C(=O)NC1CC(=O)Nc2ccccc21. The molecular weight excluding hydrogens is 300 g/mol. The summed E-state index contributed by atoms with van der Waals surface area (Å²) in [5, 5.41) is 6.11. The zero-order chi connectivity index (χ0) is 15.7. The Morgan fingerprint density at radius 3 is 3.05 bits per heavy atom. The monoisotopic (exact) mass is 316 g/mol. The highest BCUT2D eigenvalue weighted by atomic mass is 32.1. The van der Waals surface area contributed by atoms with Crippen molar-refractivity contribution < 1.29 is 9.59 Å². The van der Waals surface area contributed by atoms with E-state index in [1.807, 2.05) is 31.2 Å². The highest BCUT2D eigenvalue weighted by Gasteiger charge is 2.27. The van der Waals surface area contributed by atoms with E-state index in [0.717, 1.165) is 11.3 Å². The lowest BCUT2D eigenvalue weighted by Gasteiger charge is -2.26. The molecule has 0 spiro atoms. The molecule has 0 fully saturated rings. The lowest BCUT2D eigenvalue weighted by atomic mass is 9.97. The summed E-state index contributed by atoms with van der Waals surface area (Å²) in [7, 11) is 0. The van der Waals surface area contributed by atoms with Crippen LogP contribution in [0.2, 0.25) is 0 Å². The van der Waals surface area contributed by atoms with Gasteiger partial charge < -0.3 is 16.4 Å². The van der Waals surface area contributed by atoms with Crippen LogP contribution in [0.15, 0.2) is 24.3 Å². The van der Waals surface area contributed by atoms with Crippen LogP contribution in [0.5, 0.6) is 0 Å². The van der Waals surface area contributed by atoms with Gasteiger partial charge in [-0.2, -0.15) is 0 Å². The van der Waals surface area contributed by atoms with Crippen LogP contribution in [-0.2, 0) is 11.2 Å². The molecule has 0 aliphatic carbocycles. The largest absolute Gasteiger partial charge is 0.375 e. The number of fused-ring (bicyclic) bond motifs is 1. The summed E-state index contributed by atoms with van der Waals surface area (Å²) < 4.78 is 0. The van der Waals surface area contributed by atoms with Gasteiger partial charge in [0, 0.05) is 5.69 Å². The molecule has 4 N–H and O–H groups in total. The number of aromatic nitrogens is 1. The van der Waals surface area contributed by atoms with E-state index < -0.39 is 0 Å². The van der Waals surface area contributed by atoms with Gasteiger partial charge in [-0.05, 0) is 18.1 Å². The molecule has 7 heteroatoms. The van der Waals surface area contributed by atoms with Gasteiger partial charge in [0.25, 0.3) is 5.91 Å². The number of nitrogens with zero attached hydrogens (tertiary/aromatic N) is 1. The van der Waals surface area contributed by atoms with Crippen LogP contribution in [0.25, 0.3) is 0 Å². The van der Waals surface area contributed by atoms with Crippen molar-refractivity contribution >= 4 is 34.0 Å². The van der Waals surface area contributed by atoms with Gasteiger partial charge in [0.15, 0.2) is 5.13 Å². The number of nitrogen functional groups attached to an aromatic ring is 1. The van der Waals surface area contributed by atoms with E-state index in [-0.39, 0.29) is 24.3 Å². The van der Waals surface area contributed by atoms with Crippen molar-refractivity contribution in [3.05, 3.63) is 40.4 Å². The number of hydrogen-bond donors (Lipinski definition) is 3. The van der Waals surface area contributed by atoms with E-state index in [0.29, 0.717) is 22.1 Å². The number of carbonyl (C=O) groups excluding carboxylic acids is 2. The van der Waals surface area contributed by atoms with Crippen LogP contribution >= 0.6 is 11.3 Å². The van der Waals surface area contributed by atoms with Gasteiger partial charge in [-0.3, -0.25) is 9.59 Å². The predicted molar refractivity (Wildman–Crippen MR) is 85.8 cm³/mol. The summed E-state index contributed by atoms with van der Waals surface area (Å²) in [5.74, 6) is -0.343. The summed E-state index contributed by atoms with van der Waals surface area (Å²) >= 11 is 1.17. The Hall–Kier alpha value is -2.41. The molecule has 0 saturated carbocycles. The van der Waals surface area contributed by atoms with E-state index in [4.69, 9.17) is 5.73 Å². The Morgan fingerprint density at radius 2 is 2.27 bits per heavy atom. The standard InChI is InChI=1S/C15H16N4O2S/c1-2-9-13(22-15(16)19-9)14(21)18-11-7-12(20)17-10-6-4-3-5-8(10)11/h3-6,11H,2,7H2,1H3,(H2,16,19)(H,17,20)(H,18,21). The number of hydrogen-bond acceptors (Lipinski definition) is 5. The Balaban J connectivity index is 1.87. The minimum absolute atomic E-state index is 0.108. The van der Waals surface area contributed by atoms with Crippen molar-refractivity contribution in [1.82, 2.24) is 10.3 Å². The van der Waals surface area contributed by atoms with Crippen LogP contribution in [0, 0.1) is 0 Å². The average molecular weight is 316 g/mol. The molecule has 1 aromatic heterocycles. The summed E-state index contributed by atoms with van der Waals surface area (Å²) in [6.07, 6.45) is 0.858. The van der Waals surface area contributed by atoms with E-state index >= 15 is 0 Å². The van der Waals surface area contributed by atoms with Gasteiger partial charge in [-0.15, -0.1) is 0 Å². The lowest BCUT2D eigenvalue weighted by Crippen LogP contribution is -2.35. The van der Waals surface area contributed by atoms with Crippen LogP contribution in [0.3, 0.4) is 0 Å². The molecule has 0 radical (unpaired) electrons. The second kappa shape index (κ2) is 5.76. The zero-order valence-electron chi connectivity index (χ0n) is 12.1. The number of benzene rings is 1. The molecule has 1 aliphatic rings. The number of para-hydroxylation sites is 1. The van der Waals surface area contributed by atoms with Crippen molar-refractivity contribution in [2.24, 2.45) is 0 Å².